The maximum atomic E-state index is 13.8. The number of halogens is 1. The Morgan fingerprint density at radius 1 is 1.03 bits per heavy atom. The van der Waals surface area contributed by atoms with Crippen LogP contribution >= 0.6 is 34.7 Å². The van der Waals surface area contributed by atoms with Crippen LogP contribution in [0.5, 0.6) is 0 Å². The van der Waals surface area contributed by atoms with Crippen LogP contribution in [0.15, 0.2) is 82.9 Å². The summed E-state index contributed by atoms with van der Waals surface area (Å²) >= 11 is 8.20. The van der Waals surface area contributed by atoms with Crippen molar-refractivity contribution in [2.75, 3.05) is 10.2 Å². The molecule has 0 spiro atoms. The van der Waals surface area contributed by atoms with Crippen molar-refractivity contribution in [3.8, 4) is 0 Å². The maximum absolute atomic E-state index is 13.8. The van der Waals surface area contributed by atoms with Crippen molar-refractivity contribution in [3.63, 3.8) is 0 Å². The summed E-state index contributed by atoms with van der Waals surface area (Å²) in [6.07, 6.45) is 3.28. The number of aryl methyl sites for hydroxylation is 1. The number of hydrogen-bond donors (Lipinski definition) is 1. The van der Waals surface area contributed by atoms with Gasteiger partial charge >= 0.3 is 4.87 Å². The zero-order valence-electron chi connectivity index (χ0n) is 20.5. The Kier molecular flexibility index (Phi) is 6.62. The molecule has 2 unspecified atom stereocenters. The number of pyridine rings is 1. The third-order valence-corrected chi connectivity index (χ3v) is 9.67. The summed E-state index contributed by atoms with van der Waals surface area (Å²) in [6, 6.07) is 17.5. The molecule has 196 valence electrons. The zero-order chi connectivity index (χ0) is 27.3. The van der Waals surface area contributed by atoms with Crippen molar-refractivity contribution >= 4 is 63.8 Å². The molecule has 39 heavy (non-hydrogen) atoms. The van der Waals surface area contributed by atoms with Gasteiger partial charge in [-0.25, -0.2) is 4.90 Å². The average molecular weight is 577 g/mol. The molecule has 0 aliphatic carbocycles. The Hall–Kier alpha value is -3.73. The standard InChI is InChI=1S/C28H21ClN4O4S2/c1-15-4-8-18(9-5-15)31-20(34)14-32-27-24(39-28(32)37)21(16-3-2-12-30-13-16)22-23(38-27)26(36)33(25(22)35)19-10-6-17(29)7-11-19/h2-13,21-23H,14H2,1H3,(H,31,34)/t21-,22?,23?/m1/s1. The Morgan fingerprint density at radius 2 is 1.77 bits per heavy atom. The van der Waals surface area contributed by atoms with Gasteiger partial charge in [0, 0.05) is 33.9 Å². The molecule has 2 aliphatic rings. The SMILES string of the molecule is Cc1ccc(NC(=O)Cn2c3c(sc2=O)[C@H](c2cccnc2)C2C(=O)N(c4ccc(Cl)cc4)C(=O)C2S3)cc1. The molecule has 6 rings (SSSR count). The van der Waals surface area contributed by atoms with Crippen LogP contribution in [-0.4, -0.2) is 32.5 Å². The lowest BCUT2D eigenvalue weighted by Gasteiger charge is -2.30. The van der Waals surface area contributed by atoms with Crippen molar-refractivity contribution in [2.24, 2.45) is 5.92 Å². The molecule has 4 heterocycles. The van der Waals surface area contributed by atoms with Gasteiger partial charge in [-0.2, -0.15) is 0 Å². The quantitative estimate of drug-likeness (QED) is 0.346. The summed E-state index contributed by atoms with van der Waals surface area (Å²) in [5, 5.41) is 3.07. The summed E-state index contributed by atoms with van der Waals surface area (Å²) in [5.74, 6) is -2.37. The number of nitrogens with zero attached hydrogens (tertiary/aromatic N) is 3. The van der Waals surface area contributed by atoms with E-state index >= 15 is 0 Å². The third kappa shape index (κ3) is 4.58. The van der Waals surface area contributed by atoms with Crippen LogP contribution in [-0.2, 0) is 20.9 Å². The predicted molar refractivity (Wildman–Crippen MR) is 152 cm³/mol. The number of thioether (sulfide) groups is 1. The average Bonchev–Trinajstić information content (AvgIpc) is 3.37. The van der Waals surface area contributed by atoms with Crippen molar-refractivity contribution in [3.05, 3.63) is 104 Å². The number of amides is 3. The molecule has 1 fully saturated rings. The van der Waals surface area contributed by atoms with E-state index in [1.165, 1.54) is 21.2 Å². The zero-order valence-corrected chi connectivity index (χ0v) is 22.9. The van der Waals surface area contributed by atoms with E-state index < -0.39 is 17.1 Å². The monoisotopic (exact) mass is 576 g/mol. The first-order valence-corrected chi connectivity index (χ1v) is 14.2. The minimum atomic E-state index is -0.772. The highest BCUT2D eigenvalue weighted by atomic mass is 35.5. The second-order valence-electron chi connectivity index (χ2n) is 9.35. The van der Waals surface area contributed by atoms with Crippen molar-refractivity contribution in [1.82, 2.24) is 9.55 Å². The lowest BCUT2D eigenvalue weighted by atomic mass is 9.84. The summed E-state index contributed by atoms with van der Waals surface area (Å²) in [5.41, 5.74) is 2.85. The summed E-state index contributed by atoms with van der Waals surface area (Å²) in [7, 11) is 0. The molecule has 0 radical (unpaired) electrons. The Labute approximate surface area is 236 Å². The Balaban J connectivity index is 1.39. The number of aromatic nitrogens is 2. The summed E-state index contributed by atoms with van der Waals surface area (Å²) in [6.45, 7) is 1.74. The molecule has 4 aromatic rings. The van der Waals surface area contributed by atoms with Gasteiger partial charge < -0.3 is 5.32 Å². The van der Waals surface area contributed by atoms with Crippen molar-refractivity contribution < 1.29 is 14.4 Å². The first-order valence-electron chi connectivity index (χ1n) is 12.1. The molecule has 8 nitrogen and oxygen atoms in total. The largest absolute Gasteiger partial charge is 0.325 e. The number of carbonyl (C=O) groups excluding carboxylic acids is 3. The van der Waals surface area contributed by atoms with E-state index in [4.69, 9.17) is 11.6 Å². The highest BCUT2D eigenvalue weighted by Gasteiger charge is 2.56. The second-order valence-corrected chi connectivity index (χ2v) is 11.9. The number of imide groups is 1. The summed E-state index contributed by atoms with van der Waals surface area (Å²) in [4.78, 5) is 59.4. The van der Waals surface area contributed by atoms with E-state index in [0.717, 1.165) is 22.5 Å². The van der Waals surface area contributed by atoms with Gasteiger partial charge in [0.25, 0.3) is 0 Å². The lowest BCUT2D eigenvalue weighted by Crippen LogP contribution is -2.33. The smallest absolute Gasteiger partial charge is 0.308 e. The van der Waals surface area contributed by atoms with E-state index in [-0.39, 0.29) is 29.1 Å². The lowest BCUT2D eigenvalue weighted by molar-refractivity contribution is -0.122. The fraction of sp³-hybridized carbons (Fsp3) is 0.179. The van der Waals surface area contributed by atoms with Gasteiger partial charge in [-0.1, -0.05) is 58.5 Å². The normalized spacial score (nSPS) is 20.1. The fourth-order valence-electron chi connectivity index (χ4n) is 5.00. The van der Waals surface area contributed by atoms with Gasteiger partial charge in [-0.15, -0.1) is 0 Å². The predicted octanol–water partition coefficient (Wildman–Crippen LogP) is 4.70. The Bertz CT molecular complexity index is 1650. The molecule has 3 amide bonds. The van der Waals surface area contributed by atoms with E-state index in [2.05, 4.69) is 10.3 Å². The minimum Gasteiger partial charge on any atom is -0.325 e. The molecule has 1 saturated heterocycles. The van der Waals surface area contributed by atoms with E-state index in [1.54, 1.807) is 54.9 Å². The first kappa shape index (κ1) is 25.5. The highest BCUT2D eigenvalue weighted by Crippen LogP contribution is 2.53. The number of anilines is 2. The summed E-state index contributed by atoms with van der Waals surface area (Å²) < 4.78 is 1.40. The van der Waals surface area contributed by atoms with Gasteiger partial charge in [-0.3, -0.25) is 28.7 Å². The fourth-order valence-corrected chi connectivity index (χ4v) is 7.90. The van der Waals surface area contributed by atoms with Gasteiger partial charge in [0.05, 0.1) is 16.6 Å². The van der Waals surface area contributed by atoms with Crippen LogP contribution in [0, 0.1) is 12.8 Å². The van der Waals surface area contributed by atoms with Crippen LogP contribution in [0.25, 0.3) is 0 Å². The van der Waals surface area contributed by atoms with Crippen LogP contribution in [0.2, 0.25) is 5.02 Å². The van der Waals surface area contributed by atoms with E-state index in [9.17, 15) is 19.2 Å². The molecule has 2 aliphatic heterocycles. The third-order valence-electron chi connectivity index (χ3n) is 6.81. The number of nitrogens with one attached hydrogen (secondary N) is 1. The van der Waals surface area contributed by atoms with Gasteiger partial charge in [-0.05, 0) is 55.0 Å². The topological polar surface area (TPSA) is 101 Å². The van der Waals surface area contributed by atoms with Gasteiger partial charge in [0.2, 0.25) is 17.7 Å². The number of hydrogen-bond acceptors (Lipinski definition) is 7. The van der Waals surface area contributed by atoms with E-state index in [1.807, 2.05) is 25.1 Å². The molecule has 3 atom stereocenters. The van der Waals surface area contributed by atoms with Crippen LogP contribution in [0.4, 0.5) is 11.4 Å². The molecular weight excluding hydrogens is 556 g/mol. The molecule has 2 aromatic heterocycles. The second kappa shape index (κ2) is 10.1. The molecule has 2 aromatic carbocycles. The molecule has 11 heteroatoms. The molecule has 1 N–H and O–H groups in total. The molecule has 0 saturated carbocycles. The Morgan fingerprint density at radius 3 is 2.46 bits per heavy atom. The first-order chi connectivity index (χ1) is 18.8. The minimum absolute atomic E-state index is 0.217. The van der Waals surface area contributed by atoms with Crippen molar-refractivity contribution in [2.45, 2.75) is 29.7 Å². The maximum Gasteiger partial charge on any atom is 0.308 e. The number of carbonyl (C=O) groups is 3. The van der Waals surface area contributed by atoms with Gasteiger partial charge in [0.1, 0.15) is 11.8 Å². The number of fused-ring (bicyclic) bond motifs is 2. The molecule has 0 bridgehead atoms. The number of thiazole rings is 1. The van der Waals surface area contributed by atoms with E-state index in [0.29, 0.717) is 26.3 Å². The highest BCUT2D eigenvalue weighted by molar-refractivity contribution is 8.00. The van der Waals surface area contributed by atoms with Gasteiger partial charge in [0.15, 0.2) is 0 Å². The number of benzene rings is 2. The van der Waals surface area contributed by atoms with Crippen molar-refractivity contribution in [1.29, 1.82) is 0 Å². The molecular formula is C28H21ClN4O4S2. The number of rotatable bonds is 5. The van der Waals surface area contributed by atoms with Crippen LogP contribution in [0.1, 0.15) is 21.9 Å². The van der Waals surface area contributed by atoms with Crippen LogP contribution in [0.3, 0.4) is 0 Å². The van der Waals surface area contributed by atoms with Crippen LogP contribution < -0.4 is 15.1 Å².